The van der Waals surface area contributed by atoms with Crippen molar-refractivity contribution >= 4 is 17.3 Å². The fraction of sp³-hybridized carbons (Fsp3) is 0.417. The standard InChI is InChI=1S/C12H18FN3O/c1-8(12(17)15-2)7-16(3)11-5-4-9(14)6-10(11)13/h4-6,8H,7,14H2,1-3H3,(H,15,17). The van der Waals surface area contributed by atoms with Gasteiger partial charge in [-0.3, -0.25) is 4.79 Å². The zero-order chi connectivity index (χ0) is 13.0. The molecule has 0 heterocycles. The van der Waals surface area contributed by atoms with Gasteiger partial charge in [-0.1, -0.05) is 6.92 Å². The van der Waals surface area contributed by atoms with Crippen LogP contribution in [0.15, 0.2) is 18.2 Å². The van der Waals surface area contributed by atoms with E-state index in [1.54, 1.807) is 38.1 Å². The van der Waals surface area contributed by atoms with E-state index in [0.717, 1.165) is 0 Å². The molecule has 0 aliphatic rings. The molecule has 0 aromatic heterocycles. The van der Waals surface area contributed by atoms with Gasteiger partial charge in [-0.25, -0.2) is 4.39 Å². The van der Waals surface area contributed by atoms with Gasteiger partial charge < -0.3 is 16.0 Å². The zero-order valence-electron chi connectivity index (χ0n) is 10.3. The van der Waals surface area contributed by atoms with Gasteiger partial charge in [-0.15, -0.1) is 0 Å². The second-order valence-corrected chi connectivity index (χ2v) is 4.11. The molecular formula is C12H18FN3O. The summed E-state index contributed by atoms with van der Waals surface area (Å²) >= 11 is 0. The van der Waals surface area contributed by atoms with Crippen LogP contribution in [0.5, 0.6) is 0 Å². The number of benzene rings is 1. The summed E-state index contributed by atoms with van der Waals surface area (Å²) < 4.78 is 13.6. The number of nitrogens with zero attached hydrogens (tertiary/aromatic N) is 1. The summed E-state index contributed by atoms with van der Waals surface area (Å²) in [5, 5.41) is 2.57. The molecular weight excluding hydrogens is 221 g/mol. The van der Waals surface area contributed by atoms with Crippen LogP contribution in [-0.4, -0.2) is 26.5 Å². The van der Waals surface area contributed by atoms with Crippen molar-refractivity contribution in [1.82, 2.24) is 5.32 Å². The number of hydrogen-bond acceptors (Lipinski definition) is 3. The van der Waals surface area contributed by atoms with Crippen molar-refractivity contribution < 1.29 is 9.18 Å². The number of nitrogens with two attached hydrogens (primary N) is 1. The number of anilines is 2. The van der Waals surface area contributed by atoms with Gasteiger partial charge in [0, 0.05) is 26.3 Å². The Morgan fingerprint density at radius 2 is 2.24 bits per heavy atom. The Morgan fingerprint density at radius 1 is 1.59 bits per heavy atom. The molecule has 1 aromatic rings. The van der Waals surface area contributed by atoms with Gasteiger partial charge in [0.1, 0.15) is 5.82 Å². The van der Waals surface area contributed by atoms with E-state index in [1.165, 1.54) is 6.07 Å². The van der Waals surface area contributed by atoms with Crippen molar-refractivity contribution in [1.29, 1.82) is 0 Å². The monoisotopic (exact) mass is 239 g/mol. The van der Waals surface area contributed by atoms with Gasteiger partial charge in [0.05, 0.1) is 11.6 Å². The number of carbonyl (C=O) groups is 1. The van der Waals surface area contributed by atoms with E-state index >= 15 is 0 Å². The van der Waals surface area contributed by atoms with E-state index in [1.807, 2.05) is 0 Å². The number of amides is 1. The molecule has 0 aliphatic heterocycles. The molecule has 1 aromatic carbocycles. The SMILES string of the molecule is CNC(=O)C(C)CN(C)c1ccc(N)cc1F. The van der Waals surface area contributed by atoms with Crippen LogP contribution < -0.4 is 16.0 Å². The molecule has 3 N–H and O–H groups in total. The fourth-order valence-corrected chi connectivity index (χ4v) is 1.67. The molecule has 0 fully saturated rings. The van der Waals surface area contributed by atoms with Crippen molar-refractivity contribution in [3.05, 3.63) is 24.0 Å². The van der Waals surface area contributed by atoms with Crippen LogP contribution in [0.25, 0.3) is 0 Å². The van der Waals surface area contributed by atoms with E-state index < -0.39 is 0 Å². The number of rotatable bonds is 4. The Balaban J connectivity index is 2.76. The highest BCUT2D eigenvalue weighted by atomic mass is 19.1. The predicted molar refractivity (Wildman–Crippen MR) is 67.3 cm³/mol. The minimum Gasteiger partial charge on any atom is -0.399 e. The first kappa shape index (κ1) is 13.3. The first-order chi connectivity index (χ1) is 7.95. The quantitative estimate of drug-likeness (QED) is 0.777. The topological polar surface area (TPSA) is 58.4 Å². The smallest absolute Gasteiger partial charge is 0.224 e. The molecule has 1 rings (SSSR count). The van der Waals surface area contributed by atoms with Gasteiger partial charge in [-0.2, -0.15) is 0 Å². The number of carbonyl (C=O) groups excluding carboxylic acids is 1. The van der Waals surface area contributed by atoms with Crippen LogP contribution >= 0.6 is 0 Å². The van der Waals surface area contributed by atoms with E-state index in [0.29, 0.717) is 17.9 Å². The molecule has 5 heteroatoms. The Kier molecular flexibility index (Phi) is 4.31. The maximum atomic E-state index is 13.6. The highest BCUT2D eigenvalue weighted by Crippen LogP contribution is 2.21. The molecule has 94 valence electrons. The van der Waals surface area contributed by atoms with Crippen LogP contribution in [0.2, 0.25) is 0 Å². The third kappa shape index (κ3) is 3.34. The molecule has 0 saturated heterocycles. The average Bonchev–Trinajstić information content (AvgIpc) is 2.27. The van der Waals surface area contributed by atoms with Crippen LogP contribution in [0.3, 0.4) is 0 Å². The zero-order valence-corrected chi connectivity index (χ0v) is 10.3. The number of nitrogen functional groups attached to an aromatic ring is 1. The van der Waals surface area contributed by atoms with Gasteiger partial charge in [-0.05, 0) is 18.2 Å². The van der Waals surface area contributed by atoms with Crippen molar-refractivity contribution in [3.8, 4) is 0 Å². The molecule has 0 radical (unpaired) electrons. The molecule has 0 saturated carbocycles. The summed E-state index contributed by atoms with van der Waals surface area (Å²) in [7, 11) is 3.33. The third-order valence-corrected chi connectivity index (χ3v) is 2.62. The van der Waals surface area contributed by atoms with Crippen LogP contribution in [0.1, 0.15) is 6.92 Å². The van der Waals surface area contributed by atoms with Crippen molar-refractivity contribution in [2.75, 3.05) is 31.3 Å². The van der Waals surface area contributed by atoms with Crippen molar-refractivity contribution in [2.45, 2.75) is 6.92 Å². The Hall–Kier alpha value is -1.78. The number of hydrogen-bond donors (Lipinski definition) is 2. The first-order valence-corrected chi connectivity index (χ1v) is 5.43. The van der Waals surface area contributed by atoms with Gasteiger partial charge in [0.2, 0.25) is 5.91 Å². The van der Waals surface area contributed by atoms with Crippen LogP contribution in [0.4, 0.5) is 15.8 Å². The van der Waals surface area contributed by atoms with Crippen molar-refractivity contribution in [3.63, 3.8) is 0 Å². The van der Waals surface area contributed by atoms with Gasteiger partial charge >= 0.3 is 0 Å². The normalized spacial score (nSPS) is 12.0. The average molecular weight is 239 g/mol. The summed E-state index contributed by atoms with van der Waals surface area (Å²) in [5.74, 6) is -0.647. The summed E-state index contributed by atoms with van der Waals surface area (Å²) in [4.78, 5) is 13.1. The van der Waals surface area contributed by atoms with E-state index in [9.17, 15) is 9.18 Å². The Labute approximate surface area is 101 Å². The van der Waals surface area contributed by atoms with E-state index in [4.69, 9.17) is 5.73 Å². The second-order valence-electron chi connectivity index (χ2n) is 4.11. The second kappa shape index (κ2) is 5.52. The third-order valence-electron chi connectivity index (χ3n) is 2.62. The highest BCUT2D eigenvalue weighted by Gasteiger charge is 2.15. The largest absolute Gasteiger partial charge is 0.399 e. The lowest BCUT2D eigenvalue weighted by Crippen LogP contribution is -2.34. The minimum atomic E-state index is -0.378. The fourth-order valence-electron chi connectivity index (χ4n) is 1.67. The minimum absolute atomic E-state index is 0.0623. The van der Waals surface area contributed by atoms with Crippen LogP contribution in [0, 0.1) is 11.7 Å². The summed E-state index contributed by atoms with van der Waals surface area (Å²) in [6, 6.07) is 4.52. The highest BCUT2D eigenvalue weighted by molar-refractivity contribution is 5.78. The number of nitrogens with one attached hydrogen (secondary N) is 1. The lowest BCUT2D eigenvalue weighted by Gasteiger charge is -2.23. The van der Waals surface area contributed by atoms with Crippen molar-refractivity contribution in [2.24, 2.45) is 5.92 Å². The molecule has 4 nitrogen and oxygen atoms in total. The summed E-state index contributed by atoms with van der Waals surface area (Å²) in [6.07, 6.45) is 0. The maximum absolute atomic E-state index is 13.6. The molecule has 0 aliphatic carbocycles. The number of halogens is 1. The Morgan fingerprint density at radius 3 is 2.76 bits per heavy atom. The van der Waals surface area contributed by atoms with Gasteiger partial charge in [0.25, 0.3) is 0 Å². The molecule has 1 atom stereocenters. The van der Waals surface area contributed by atoms with Crippen LogP contribution in [-0.2, 0) is 4.79 Å². The predicted octanol–water partition coefficient (Wildman–Crippen LogP) is 1.23. The molecule has 1 unspecified atom stereocenters. The molecule has 17 heavy (non-hydrogen) atoms. The Bertz CT molecular complexity index is 409. The van der Waals surface area contributed by atoms with E-state index in [2.05, 4.69) is 5.32 Å². The molecule has 0 spiro atoms. The molecule has 1 amide bonds. The van der Waals surface area contributed by atoms with E-state index in [-0.39, 0.29) is 17.6 Å². The van der Waals surface area contributed by atoms with Gasteiger partial charge in [0.15, 0.2) is 0 Å². The summed E-state index contributed by atoms with van der Waals surface area (Å²) in [6.45, 7) is 2.24. The lowest BCUT2D eigenvalue weighted by molar-refractivity contribution is -0.123. The first-order valence-electron chi connectivity index (χ1n) is 5.43. The maximum Gasteiger partial charge on any atom is 0.224 e. The summed E-state index contributed by atoms with van der Waals surface area (Å²) in [5.41, 5.74) is 6.30. The lowest BCUT2D eigenvalue weighted by atomic mass is 10.1. The molecule has 0 bridgehead atoms.